The number of rotatable bonds is 5. The van der Waals surface area contributed by atoms with E-state index in [-0.39, 0.29) is 5.92 Å². The number of hydrogen-bond acceptors (Lipinski definition) is 6. The van der Waals surface area contributed by atoms with E-state index in [1.54, 1.807) is 0 Å². The van der Waals surface area contributed by atoms with Gasteiger partial charge in [-0.3, -0.25) is 0 Å². The van der Waals surface area contributed by atoms with Crippen molar-refractivity contribution in [2.75, 3.05) is 40.8 Å². The van der Waals surface area contributed by atoms with Gasteiger partial charge in [0.2, 0.25) is 5.89 Å². The van der Waals surface area contributed by atoms with E-state index < -0.39 is 0 Å². The van der Waals surface area contributed by atoms with Crippen LogP contribution in [0.3, 0.4) is 0 Å². The van der Waals surface area contributed by atoms with Gasteiger partial charge in [0.05, 0.1) is 5.92 Å². The van der Waals surface area contributed by atoms with Crippen LogP contribution in [-0.2, 0) is 6.42 Å². The summed E-state index contributed by atoms with van der Waals surface area (Å²) in [7, 11) is 6.29. The van der Waals surface area contributed by atoms with E-state index in [9.17, 15) is 0 Å². The van der Waals surface area contributed by atoms with Crippen molar-refractivity contribution in [3.63, 3.8) is 0 Å². The van der Waals surface area contributed by atoms with Gasteiger partial charge in [-0.25, -0.2) is 0 Å². The quantitative estimate of drug-likeness (QED) is 0.851. The molecule has 2 rings (SSSR count). The lowest BCUT2D eigenvalue weighted by atomic mass is 10.0. The minimum Gasteiger partial charge on any atom is -0.339 e. The van der Waals surface area contributed by atoms with Gasteiger partial charge in [-0.15, -0.1) is 0 Å². The van der Waals surface area contributed by atoms with Crippen LogP contribution in [0.4, 0.5) is 0 Å². The molecule has 0 aliphatic carbocycles. The third-order valence-corrected chi connectivity index (χ3v) is 4.48. The zero-order chi connectivity index (χ0) is 14.7. The van der Waals surface area contributed by atoms with Crippen molar-refractivity contribution in [3.05, 3.63) is 11.7 Å². The highest BCUT2D eigenvalue weighted by Gasteiger charge is 2.25. The molecule has 1 fully saturated rings. The molecule has 1 aromatic heterocycles. The first-order valence-electron chi connectivity index (χ1n) is 7.39. The monoisotopic (exact) mass is 281 g/mol. The summed E-state index contributed by atoms with van der Waals surface area (Å²) in [5.41, 5.74) is 0. The Morgan fingerprint density at radius 2 is 2.10 bits per heavy atom. The van der Waals surface area contributed by atoms with Crippen LogP contribution in [0.2, 0.25) is 0 Å². The molecular formula is C14H27N5O. The van der Waals surface area contributed by atoms with E-state index in [0.29, 0.717) is 12.1 Å². The summed E-state index contributed by atoms with van der Waals surface area (Å²) in [6.45, 7) is 7.51. The fourth-order valence-electron chi connectivity index (χ4n) is 2.53. The first kappa shape index (κ1) is 15.4. The zero-order valence-corrected chi connectivity index (χ0v) is 13.3. The second-order valence-corrected chi connectivity index (χ2v) is 6.02. The molecule has 0 amide bonds. The summed E-state index contributed by atoms with van der Waals surface area (Å²) in [6, 6.07) is 0.794. The smallest absolute Gasteiger partial charge is 0.231 e. The standard InChI is InChI=1S/C14H27N5O/c1-10(11(2)15-3)14-16-13(17-20-14)8-12-9-18(4)6-7-19(12)5/h10-12,15H,6-9H2,1-5H3. The van der Waals surface area contributed by atoms with Gasteiger partial charge in [-0.2, -0.15) is 4.98 Å². The Labute approximate surface area is 121 Å². The molecule has 0 aromatic carbocycles. The molecule has 0 radical (unpaired) electrons. The maximum absolute atomic E-state index is 5.42. The number of likely N-dealkylation sites (N-methyl/N-ethyl adjacent to an activating group) is 3. The van der Waals surface area contributed by atoms with Crippen LogP contribution in [0, 0.1) is 0 Å². The molecule has 20 heavy (non-hydrogen) atoms. The molecule has 6 nitrogen and oxygen atoms in total. The predicted octanol–water partition coefficient (Wildman–Crippen LogP) is 0.569. The molecular weight excluding hydrogens is 254 g/mol. The number of hydrogen-bond donors (Lipinski definition) is 1. The molecule has 3 unspecified atom stereocenters. The molecule has 1 aliphatic rings. The molecule has 3 atom stereocenters. The van der Waals surface area contributed by atoms with Gasteiger partial charge in [-0.05, 0) is 28.1 Å². The third-order valence-electron chi connectivity index (χ3n) is 4.48. The second-order valence-electron chi connectivity index (χ2n) is 6.02. The van der Waals surface area contributed by atoms with Crippen LogP contribution in [-0.4, -0.2) is 72.8 Å². The van der Waals surface area contributed by atoms with Crippen LogP contribution in [0.5, 0.6) is 0 Å². The summed E-state index contributed by atoms with van der Waals surface area (Å²) in [6.07, 6.45) is 0.852. The molecule has 0 spiro atoms. The average molecular weight is 281 g/mol. The van der Waals surface area contributed by atoms with Gasteiger partial charge >= 0.3 is 0 Å². The number of aromatic nitrogens is 2. The Morgan fingerprint density at radius 3 is 2.80 bits per heavy atom. The summed E-state index contributed by atoms with van der Waals surface area (Å²) in [5, 5.41) is 7.37. The van der Waals surface area contributed by atoms with Crippen molar-refractivity contribution in [2.45, 2.75) is 38.3 Å². The van der Waals surface area contributed by atoms with Gasteiger partial charge in [0.1, 0.15) is 0 Å². The maximum Gasteiger partial charge on any atom is 0.231 e. The largest absolute Gasteiger partial charge is 0.339 e. The maximum atomic E-state index is 5.42. The van der Waals surface area contributed by atoms with Crippen LogP contribution < -0.4 is 5.32 Å². The van der Waals surface area contributed by atoms with Gasteiger partial charge in [0.25, 0.3) is 0 Å². The van der Waals surface area contributed by atoms with Gasteiger partial charge in [0.15, 0.2) is 5.82 Å². The van der Waals surface area contributed by atoms with Crippen molar-refractivity contribution in [1.29, 1.82) is 0 Å². The van der Waals surface area contributed by atoms with Crippen LogP contribution >= 0.6 is 0 Å². The van der Waals surface area contributed by atoms with E-state index >= 15 is 0 Å². The Hall–Kier alpha value is -0.980. The summed E-state index contributed by atoms with van der Waals surface area (Å²) in [5.74, 6) is 1.78. The molecule has 114 valence electrons. The molecule has 2 heterocycles. The lowest BCUT2D eigenvalue weighted by molar-refractivity contribution is 0.113. The van der Waals surface area contributed by atoms with E-state index in [1.807, 2.05) is 7.05 Å². The summed E-state index contributed by atoms with van der Waals surface area (Å²) < 4.78 is 5.42. The molecule has 6 heteroatoms. The number of piperazine rings is 1. The highest BCUT2D eigenvalue weighted by Crippen LogP contribution is 2.18. The molecule has 1 aliphatic heterocycles. The third kappa shape index (κ3) is 3.56. The average Bonchev–Trinajstić information content (AvgIpc) is 2.89. The topological polar surface area (TPSA) is 57.4 Å². The van der Waals surface area contributed by atoms with Gasteiger partial charge < -0.3 is 19.6 Å². The molecule has 1 saturated heterocycles. The highest BCUT2D eigenvalue weighted by atomic mass is 16.5. The first-order chi connectivity index (χ1) is 9.51. The Bertz CT molecular complexity index is 421. The van der Waals surface area contributed by atoms with Gasteiger partial charge in [0, 0.05) is 38.1 Å². The van der Waals surface area contributed by atoms with Crippen molar-refractivity contribution in [3.8, 4) is 0 Å². The fourth-order valence-corrected chi connectivity index (χ4v) is 2.53. The van der Waals surface area contributed by atoms with Crippen molar-refractivity contribution in [2.24, 2.45) is 0 Å². The lowest BCUT2D eigenvalue weighted by Crippen LogP contribution is -2.50. The van der Waals surface area contributed by atoms with Crippen LogP contribution in [0.25, 0.3) is 0 Å². The number of nitrogens with zero attached hydrogens (tertiary/aromatic N) is 4. The van der Waals surface area contributed by atoms with E-state index in [1.165, 1.54) is 0 Å². The normalized spacial score (nSPS) is 24.8. The Morgan fingerprint density at radius 1 is 1.35 bits per heavy atom. The van der Waals surface area contributed by atoms with E-state index in [2.05, 4.69) is 53.2 Å². The molecule has 1 N–H and O–H groups in total. The molecule has 1 aromatic rings. The van der Waals surface area contributed by atoms with Crippen molar-refractivity contribution in [1.82, 2.24) is 25.3 Å². The predicted molar refractivity (Wildman–Crippen MR) is 78.9 cm³/mol. The summed E-state index contributed by atoms with van der Waals surface area (Å²) in [4.78, 5) is 9.31. The minimum atomic E-state index is 0.230. The SMILES string of the molecule is CNC(C)C(C)c1nc(CC2CN(C)CCN2C)no1. The molecule has 0 bridgehead atoms. The van der Waals surface area contributed by atoms with Crippen molar-refractivity contribution >= 4 is 0 Å². The highest BCUT2D eigenvalue weighted by molar-refractivity contribution is 4.98. The van der Waals surface area contributed by atoms with E-state index in [0.717, 1.165) is 37.8 Å². The van der Waals surface area contributed by atoms with Crippen molar-refractivity contribution < 1.29 is 4.52 Å². The first-order valence-corrected chi connectivity index (χ1v) is 7.39. The number of nitrogens with one attached hydrogen (secondary N) is 1. The van der Waals surface area contributed by atoms with Crippen LogP contribution in [0.1, 0.15) is 31.5 Å². The second kappa shape index (κ2) is 6.65. The zero-order valence-electron chi connectivity index (χ0n) is 13.3. The lowest BCUT2D eigenvalue weighted by Gasteiger charge is -2.37. The Balaban J connectivity index is 1.98. The Kier molecular flexibility index (Phi) is 5.12. The summed E-state index contributed by atoms with van der Waals surface area (Å²) >= 11 is 0. The molecule has 0 saturated carbocycles. The van der Waals surface area contributed by atoms with E-state index in [4.69, 9.17) is 4.52 Å². The van der Waals surface area contributed by atoms with Gasteiger partial charge in [-0.1, -0.05) is 12.1 Å². The fraction of sp³-hybridized carbons (Fsp3) is 0.857. The van der Waals surface area contributed by atoms with Crippen LogP contribution in [0.15, 0.2) is 4.52 Å². The minimum absolute atomic E-state index is 0.230.